The van der Waals surface area contributed by atoms with Gasteiger partial charge in [0.25, 0.3) is 0 Å². The zero-order chi connectivity index (χ0) is 13.2. The number of benzene rings is 1. The molecule has 0 aliphatic carbocycles. The van der Waals surface area contributed by atoms with E-state index in [4.69, 9.17) is 5.73 Å². The second-order valence-electron chi connectivity index (χ2n) is 4.01. The molecule has 6 heteroatoms. The fourth-order valence-corrected chi connectivity index (χ4v) is 1.81. The number of hydrogen-bond acceptors (Lipinski definition) is 4. The van der Waals surface area contributed by atoms with Crippen molar-refractivity contribution < 1.29 is 4.39 Å². The minimum absolute atomic E-state index is 0.194. The summed E-state index contributed by atoms with van der Waals surface area (Å²) in [6, 6.07) is 4.95. The number of rotatable bonds is 2. The standard InChI is InChI=1S/C13H10FN5/c14-12-3-8(9-4-16-13(15)17-5-9)1-2-11(12)10-6-18-19-7-10/h1-7H,(H,18,19)(H2,15,16,17). The number of nitrogens with zero attached hydrogens (tertiary/aromatic N) is 3. The molecule has 0 unspecified atom stereocenters. The minimum Gasteiger partial charge on any atom is -0.368 e. The quantitative estimate of drug-likeness (QED) is 0.736. The molecular weight excluding hydrogens is 245 g/mol. The summed E-state index contributed by atoms with van der Waals surface area (Å²) in [5.74, 6) is -0.130. The molecule has 0 amide bonds. The van der Waals surface area contributed by atoms with Crippen LogP contribution in [0, 0.1) is 5.82 Å². The number of nitrogens with two attached hydrogens (primary N) is 1. The molecule has 94 valence electrons. The lowest BCUT2D eigenvalue weighted by Crippen LogP contribution is -1.94. The van der Waals surface area contributed by atoms with Crippen LogP contribution in [0.15, 0.2) is 43.0 Å². The molecule has 0 atom stereocenters. The van der Waals surface area contributed by atoms with E-state index in [-0.39, 0.29) is 11.8 Å². The predicted octanol–water partition coefficient (Wildman–Crippen LogP) is 2.25. The summed E-state index contributed by atoms with van der Waals surface area (Å²) < 4.78 is 14.1. The van der Waals surface area contributed by atoms with Crippen LogP contribution >= 0.6 is 0 Å². The van der Waals surface area contributed by atoms with Crippen molar-refractivity contribution in [2.45, 2.75) is 0 Å². The van der Waals surface area contributed by atoms with E-state index in [1.165, 1.54) is 6.07 Å². The monoisotopic (exact) mass is 255 g/mol. The maximum absolute atomic E-state index is 14.1. The molecule has 0 saturated heterocycles. The van der Waals surface area contributed by atoms with Crippen molar-refractivity contribution in [2.24, 2.45) is 0 Å². The van der Waals surface area contributed by atoms with Gasteiger partial charge in [-0.2, -0.15) is 5.10 Å². The van der Waals surface area contributed by atoms with E-state index in [0.717, 1.165) is 0 Å². The fraction of sp³-hybridized carbons (Fsp3) is 0. The van der Waals surface area contributed by atoms with Crippen molar-refractivity contribution in [1.82, 2.24) is 20.2 Å². The Morgan fingerprint density at radius 2 is 1.79 bits per heavy atom. The summed E-state index contributed by atoms with van der Waals surface area (Å²) >= 11 is 0. The van der Waals surface area contributed by atoms with Crippen molar-refractivity contribution in [3.63, 3.8) is 0 Å². The van der Waals surface area contributed by atoms with Crippen LogP contribution in [-0.2, 0) is 0 Å². The van der Waals surface area contributed by atoms with Gasteiger partial charge in [-0.1, -0.05) is 12.1 Å². The molecule has 3 N–H and O–H groups in total. The number of nitrogens with one attached hydrogen (secondary N) is 1. The second kappa shape index (κ2) is 4.49. The zero-order valence-electron chi connectivity index (χ0n) is 9.84. The van der Waals surface area contributed by atoms with Crippen molar-refractivity contribution in [3.05, 3.63) is 48.8 Å². The normalized spacial score (nSPS) is 10.6. The van der Waals surface area contributed by atoms with Crippen LogP contribution in [0.5, 0.6) is 0 Å². The summed E-state index contributed by atoms with van der Waals surface area (Å²) in [6.07, 6.45) is 6.35. The summed E-state index contributed by atoms with van der Waals surface area (Å²) in [6.45, 7) is 0. The van der Waals surface area contributed by atoms with E-state index < -0.39 is 0 Å². The smallest absolute Gasteiger partial charge is 0.219 e. The highest BCUT2D eigenvalue weighted by molar-refractivity contribution is 5.69. The maximum atomic E-state index is 14.1. The number of aromatic amines is 1. The molecule has 0 bridgehead atoms. The Morgan fingerprint density at radius 1 is 1.00 bits per heavy atom. The highest BCUT2D eigenvalue weighted by Crippen LogP contribution is 2.26. The highest BCUT2D eigenvalue weighted by atomic mass is 19.1. The predicted molar refractivity (Wildman–Crippen MR) is 69.4 cm³/mol. The third kappa shape index (κ3) is 2.15. The van der Waals surface area contributed by atoms with Gasteiger partial charge in [0.15, 0.2) is 0 Å². The number of aromatic nitrogens is 4. The molecule has 2 heterocycles. The van der Waals surface area contributed by atoms with E-state index >= 15 is 0 Å². The molecular formula is C13H10FN5. The molecule has 0 aliphatic heterocycles. The maximum Gasteiger partial charge on any atom is 0.219 e. The van der Waals surface area contributed by atoms with Gasteiger partial charge in [-0.05, 0) is 11.6 Å². The summed E-state index contributed by atoms with van der Waals surface area (Å²) in [4.78, 5) is 7.77. The molecule has 0 saturated carbocycles. The third-order valence-electron chi connectivity index (χ3n) is 2.78. The largest absolute Gasteiger partial charge is 0.368 e. The van der Waals surface area contributed by atoms with Crippen LogP contribution in [0.1, 0.15) is 0 Å². The van der Waals surface area contributed by atoms with Crippen LogP contribution in [0.4, 0.5) is 10.3 Å². The summed E-state index contributed by atoms with van der Waals surface area (Å²) in [5.41, 5.74) is 8.03. The van der Waals surface area contributed by atoms with Crippen LogP contribution in [-0.4, -0.2) is 20.2 Å². The highest BCUT2D eigenvalue weighted by Gasteiger charge is 2.08. The molecule has 0 radical (unpaired) electrons. The van der Waals surface area contributed by atoms with Gasteiger partial charge in [-0.15, -0.1) is 0 Å². The molecule has 1 aromatic carbocycles. The molecule has 0 spiro atoms. The van der Waals surface area contributed by atoms with Gasteiger partial charge in [0.05, 0.1) is 6.20 Å². The number of halogens is 1. The zero-order valence-corrected chi connectivity index (χ0v) is 9.84. The van der Waals surface area contributed by atoms with Crippen LogP contribution in [0.25, 0.3) is 22.3 Å². The summed E-state index contributed by atoms with van der Waals surface area (Å²) in [5, 5.41) is 6.46. The fourth-order valence-electron chi connectivity index (χ4n) is 1.81. The van der Waals surface area contributed by atoms with E-state index in [2.05, 4.69) is 20.2 Å². The van der Waals surface area contributed by atoms with Gasteiger partial charge in [-0.3, -0.25) is 5.10 Å². The first-order chi connectivity index (χ1) is 9.24. The van der Waals surface area contributed by atoms with E-state index in [1.807, 2.05) is 0 Å². The van der Waals surface area contributed by atoms with Gasteiger partial charge < -0.3 is 5.73 Å². The lowest BCUT2D eigenvalue weighted by molar-refractivity contribution is 0.632. The molecule has 2 aromatic heterocycles. The lowest BCUT2D eigenvalue weighted by Gasteiger charge is -2.04. The van der Waals surface area contributed by atoms with E-state index in [0.29, 0.717) is 22.3 Å². The first kappa shape index (κ1) is 11.3. The Labute approximate surface area is 108 Å². The van der Waals surface area contributed by atoms with Crippen LogP contribution < -0.4 is 5.73 Å². The molecule has 5 nitrogen and oxygen atoms in total. The minimum atomic E-state index is -0.323. The molecule has 0 fully saturated rings. The van der Waals surface area contributed by atoms with Gasteiger partial charge in [0.1, 0.15) is 5.82 Å². The first-order valence-electron chi connectivity index (χ1n) is 5.60. The molecule has 19 heavy (non-hydrogen) atoms. The first-order valence-corrected chi connectivity index (χ1v) is 5.60. The summed E-state index contributed by atoms with van der Waals surface area (Å²) in [7, 11) is 0. The Morgan fingerprint density at radius 3 is 2.42 bits per heavy atom. The Bertz CT molecular complexity index is 692. The molecule has 3 aromatic rings. The average Bonchev–Trinajstić information content (AvgIpc) is 2.93. The number of anilines is 1. The molecule has 3 rings (SSSR count). The van der Waals surface area contributed by atoms with Gasteiger partial charge in [0, 0.05) is 35.3 Å². The number of nitrogen functional groups attached to an aromatic ring is 1. The number of H-pyrrole nitrogens is 1. The van der Waals surface area contributed by atoms with Crippen LogP contribution in [0.3, 0.4) is 0 Å². The second-order valence-corrected chi connectivity index (χ2v) is 4.01. The topological polar surface area (TPSA) is 80.5 Å². The lowest BCUT2D eigenvalue weighted by atomic mass is 10.0. The third-order valence-corrected chi connectivity index (χ3v) is 2.78. The van der Waals surface area contributed by atoms with Crippen molar-refractivity contribution in [3.8, 4) is 22.3 Å². The van der Waals surface area contributed by atoms with Crippen molar-refractivity contribution in [2.75, 3.05) is 5.73 Å². The average molecular weight is 255 g/mol. The van der Waals surface area contributed by atoms with Gasteiger partial charge in [0.2, 0.25) is 5.95 Å². The van der Waals surface area contributed by atoms with E-state index in [9.17, 15) is 4.39 Å². The van der Waals surface area contributed by atoms with Gasteiger partial charge >= 0.3 is 0 Å². The van der Waals surface area contributed by atoms with Gasteiger partial charge in [-0.25, -0.2) is 14.4 Å². The SMILES string of the molecule is Nc1ncc(-c2ccc(-c3cn[nH]c3)c(F)c2)cn1. The Balaban J connectivity index is 2.02. The van der Waals surface area contributed by atoms with Crippen LogP contribution in [0.2, 0.25) is 0 Å². The molecule has 0 aliphatic rings. The van der Waals surface area contributed by atoms with Crippen molar-refractivity contribution in [1.29, 1.82) is 0 Å². The Kier molecular flexibility index (Phi) is 2.68. The van der Waals surface area contributed by atoms with Crippen molar-refractivity contribution >= 4 is 5.95 Å². The van der Waals surface area contributed by atoms with E-state index in [1.54, 1.807) is 36.9 Å². The Hall–Kier alpha value is -2.76. The number of hydrogen-bond donors (Lipinski definition) is 2.